The topological polar surface area (TPSA) is 20.3 Å². The molecule has 2 nitrogen and oxygen atoms in total. The third-order valence-electron chi connectivity index (χ3n) is 3.58. The molecule has 2 heteroatoms. The number of benzene rings is 3. The van der Waals surface area contributed by atoms with Crippen LogP contribution in [-0.2, 0) is 4.79 Å². The molecule has 3 aromatic rings. The first-order valence-corrected chi connectivity index (χ1v) is 7.32. The van der Waals surface area contributed by atoms with Gasteiger partial charge in [0.2, 0.25) is 5.91 Å². The summed E-state index contributed by atoms with van der Waals surface area (Å²) in [5, 5.41) is 0. The Hall–Kier alpha value is -2.87. The van der Waals surface area contributed by atoms with Gasteiger partial charge in [-0.2, -0.15) is 0 Å². The minimum absolute atomic E-state index is 0.105. The van der Waals surface area contributed by atoms with Crippen molar-refractivity contribution in [2.24, 2.45) is 0 Å². The van der Waals surface area contributed by atoms with Crippen LogP contribution in [0, 0.1) is 0 Å². The van der Waals surface area contributed by atoms with Crippen LogP contribution < -0.4 is 4.90 Å². The van der Waals surface area contributed by atoms with E-state index in [-0.39, 0.29) is 18.7 Å². The lowest BCUT2D eigenvalue weighted by atomic mass is 9.98. The second-order valence-corrected chi connectivity index (χ2v) is 5.12. The number of amides is 1. The number of hydrogen-bond donors (Lipinski definition) is 0. The Morgan fingerprint density at radius 1 is 0.750 bits per heavy atom. The molecule has 3 aromatic carbocycles. The average Bonchev–Trinajstić information content (AvgIpc) is 3.28. The van der Waals surface area contributed by atoms with E-state index in [1.165, 1.54) is 0 Å². The van der Waals surface area contributed by atoms with Gasteiger partial charge < -0.3 is 4.90 Å². The molecule has 0 aromatic heterocycles. The summed E-state index contributed by atoms with van der Waals surface area (Å²) in [7, 11) is 0. The van der Waals surface area contributed by atoms with Crippen LogP contribution >= 0.6 is 0 Å². The van der Waals surface area contributed by atoms with Crippen molar-refractivity contribution < 1.29 is 22.6 Å². The van der Waals surface area contributed by atoms with E-state index in [1.54, 1.807) is 0 Å². The van der Waals surface area contributed by atoms with Gasteiger partial charge in [0.25, 0.3) is 0 Å². The largest absolute Gasteiger partial charge is 0.312 e. The van der Waals surface area contributed by atoms with E-state index in [2.05, 4.69) is 0 Å². The van der Waals surface area contributed by atoms with Crippen LogP contribution in [-0.4, -0.2) is 12.5 Å². The Bertz CT molecular complexity index is 1360. The number of anilines is 1. The smallest absolute Gasteiger partial charge is 0.227 e. The van der Waals surface area contributed by atoms with E-state index >= 15 is 0 Å². The van der Waals surface area contributed by atoms with Gasteiger partial charge >= 0.3 is 0 Å². The lowest BCUT2D eigenvalue weighted by molar-refractivity contribution is -0.117. The molecular weight excluding hydrogens is 294 g/mol. The predicted octanol–water partition coefficient (Wildman–Crippen LogP) is 5.15. The van der Waals surface area contributed by atoms with Crippen molar-refractivity contribution in [1.29, 1.82) is 0 Å². The molecule has 1 fully saturated rings. The summed E-state index contributed by atoms with van der Waals surface area (Å²) in [5.74, 6) is -0.446. The standard InChI is InChI=1S/C22H19NO/c24-22-12-7-13-23(22)21-15-19(17-8-3-1-4-9-17)14-20(16-21)18-10-5-2-6-11-18/h1-6,8-11,14-16H,7,12-13H2/i1D,2D,3D,4D,5D,6D,8D,9D,10D,11D,14D,15D,16D. The first-order valence-electron chi connectivity index (χ1n) is 13.8. The van der Waals surface area contributed by atoms with E-state index in [1.807, 2.05) is 0 Å². The molecule has 24 heavy (non-hydrogen) atoms. The molecule has 4 rings (SSSR count). The quantitative estimate of drug-likeness (QED) is 0.652. The monoisotopic (exact) mass is 326 g/mol. The highest BCUT2D eigenvalue weighted by atomic mass is 16.2. The van der Waals surface area contributed by atoms with Crippen molar-refractivity contribution in [3.05, 3.63) is 78.6 Å². The Balaban J connectivity index is 2.27. The first kappa shape index (κ1) is 6.21. The number of hydrogen-bond acceptors (Lipinski definition) is 1. The molecule has 1 aliphatic heterocycles. The van der Waals surface area contributed by atoms with E-state index in [0.717, 1.165) is 4.90 Å². The SMILES string of the molecule is [2H]c1c([2H])c([2H])c(-c2c([2H])c(-c3c([2H])c([2H])c([2H])c([2H])c3[2H])c([2H])c(N3CCCC3=O)c2[2H])c([2H])c1[2H]. The third-order valence-corrected chi connectivity index (χ3v) is 3.58. The second kappa shape index (κ2) is 6.32. The van der Waals surface area contributed by atoms with Crippen LogP contribution in [0.2, 0.25) is 0 Å². The van der Waals surface area contributed by atoms with Gasteiger partial charge in [0.1, 0.15) is 0 Å². The van der Waals surface area contributed by atoms with E-state index in [4.69, 9.17) is 17.8 Å². The van der Waals surface area contributed by atoms with Gasteiger partial charge in [-0.25, -0.2) is 0 Å². The molecule has 0 radical (unpaired) electrons. The summed E-state index contributed by atoms with van der Waals surface area (Å²) in [4.78, 5) is 13.7. The Kier molecular flexibility index (Phi) is 1.64. The minimum atomic E-state index is -0.734. The van der Waals surface area contributed by atoms with Crippen LogP contribution in [0.1, 0.15) is 30.7 Å². The fraction of sp³-hybridized carbons (Fsp3) is 0.136. The molecule has 0 bridgehead atoms. The van der Waals surface area contributed by atoms with Gasteiger partial charge in [-0.05, 0) is 46.8 Å². The van der Waals surface area contributed by atoms with Crippen LogP contribution in [0.4, 0.5) is 5.69 Å². The van der Waals surface area contributed by atoms with Crippen LogP contribution in [0.25, 0.3) is 22.3 Å². The van der Waals surface area contributed by atoms with Crippen LogP contribution in [0.15, 0.2) is 78.6 Å². The summed E-state index contributed by atoms with van der Waals surface area (Å²) in [5.41, 5.74) is -2.40. The second-order valence-electron chi connectivity index (χ2n) is 5.12. The highest BCUT2D eigenvalue weighted by Gasteiger charge is 2.22. The van der Waals surface area contributed by atoms with Gasteiger partial charge in [0.15, 0.2) is 0 Å². The Labute approximate surface area is 160 Å². The van der Waals surface area contributed by atoms with Crippen molar-refractivity contribution in [2.75, 3.05) is 11.4 Å². The van der Waals surface area contributed by atoms with Crippen molar-refractivity contribution in [2.45, 2.75) is 12.8 Å². The summed E-state index contributed by atoms with van der Waals surface area (Å²) < 4.78 is 108. The number of rotatable bonds is 3. The van der Waals surface area contributed by atoms with Crippen molar-refractivity contribution in [3.63, 3.8) is 0 Å². The molecule has 118 valence electrons. The number of carbonyl (C=O) groups excluding carboxylic acids is 1. The molecule has 0 saturated carbocycles. The van der Waals surface area contributed by atoms with E-state index in [9.17, 15) is 4.79 Å². The maximum absolute atomic E-state index is 12.6. The molecule has 0 spiro atoms. The van der Waals surface area contributed by atoms with Gasteiger partial charge in [-0.15, -0.1) is 0 Å². The summed E-state index contributed by atoms with van der Waals surface area (Å²) >= 11 is 0. The molecule has 0 atom stereocenters. The Morgan fingerprint density at radius 2 is 1.29 bits per heavy atom. The van der Waals surface area contributed by atoms with Crippen molar-refractivity contribution in [3.8, 4) is 22.3 Å². The molecular formula is C22H19NO. The molecule has 0 N–H and O–H groups in total. The molecule has 1 saturated heterocycles. The minimum Gasteiger partial charge on any atom is -0.312 e. The average molecular weight is 326 g/mol. The first-order chi connectivity index (χ1) is 17.2. The maximum atomic E-state index is 12.6. The normalized spacial score (nSPS) is 21.8. The molecule has 1 amide bonds. The van der Waals surface area contributed by atoms with Crippen LogP contribution in [0.3, 0.4) is 0 Å². The van der Waals surface area contributed by atoms with Crippen molar-refractivity contribution >= 4 is 11.6 Å². The van der Waals surface area contributed by atoms with E-state index in [0.29, 0.717) is 6.42 Å². The molecule has 0 aliphatic carbocycles. The summed E-state index contributed by atoms with van der Waals surface area (Å²) in [6, 6.07) is -9.17. The summed E-state index contributed by atoms with van der Waals surface area (Å²) in [6.45, 7) is 0.105. The van der Waals surface area contributed by atoms with Gasteiger partial charge in [-0.1, -0.05) is 60.4 Å². The highest BCUT2D eigenvalue weighted by Crippen LogP contribution is 2.33. The van der Waals surface area contributed by atoms with Gasteiger partial charge in [0.05, 0.1) is 17.8 Å². The molecule has 1 heterocycles. The fourth-order valence-electron chi connectivity index (χ4n) is 2.48. The number of nitrogens with zero attached hydrogens (tertiary/aromatic N) is 1. The lowest BCUT2D eigenvalue weighted by Gasteiger charge is -2.19. The maximum Gasteiger partial charge on any atom is 0.227 e. The van der Waals surface area contributed by atoms with Crippen molar-refractivity contribution in [1.82, 2.24) is 0 Å². The Morgan fingerprint density at radius 3 is 1.75 bits per heavy atom. The third kappa shape index (κ3) is 2.83. The lowest BCUT2D eigenvalue weighted by Crippen LogP contribution is -2.23. The van der Waals surface area contributed by atoms with E-state index < -0.39 is 107 Å². The highest BCUT2D eigenvalue weighted by molar-refractivity contribution is 5.97. The summed E-state index contributed by atoms with van der Waals surface area (Å²) in [6.07, 6.45) is 0.504. The zero-order chi connectivity index (χ0) is 27.7. The predicted molar refractivity (Wildman–Crippen MR) is 98.9 cm³/mol. The molecule has 0 unspecified atom stereocenters. The zero-order valence-corrected chi connectivity index (χ0v) is 12.5. The van der Waals surface area contributed by atoms with Gasteiger partial charge in [-0.3, -0.25) is 4.79 Å². The fourth-order valence-corrected chi connectivity index (χ4v) is 2.48. The number of carbonyl (C=O) groups is 1. The van der Waals surface area contributed by atoms with Gasteiger partial charge in [0, 0.05) is 18.7 Å². The molecule has 1 aliphatic rings. The zero-order valence-electron chi connectivity index (χ0n) is 25.5. The van der Waals surface area contributed by atoms with Crippen LogP contribution in [0.5, 0.6) is 0 Å².